The molecule has 3 N–H and O–H groups in total. The predicted molar refractivity (Wildman–Crippen MR) is 119 cm³/mol. The van der Waals surface area contributed by atoms with Crippen molar-refractivity contribution in [3.05, 3.63) is 65.2 Å². The molecule has 1 unspecified atom stereocenters. The minimum absolute atomic E-state index is 0.109. The van der Waals surface area contributed by atoms with Crippen LogP contribution >= 0.6 is 0 Å². The molecular weight excluding hydrogens is 384 g/mol. The van der Waals surface area contributed by atoms with Crippen LogP contribution in [0.4, 0.5) is 0 Å². The second kappa shape index (κ2) is 10.4. The number of nitrogens with zero attached hydrogens (tertiary/aromatic N) is 1. The second-order valence-electron chi connectivity index (χ2n) is 7.48. The van der Waals surface area contributed by atoms with E-state index in [0.717, 1.165) is 12.0 Å². The Kier molecular flexibility index (Phi) is 8.22. The van der Waals surface area contributed by atoms with E-state index in [0.29, 0.717) is 18.4 Å². The van der Waals surface area contributed by atoms with Crippen LogP contribution in [-0.4, -0.2) is 28.5 Å². The van der Waals surface area contributed by atoms with Crippen LogP contribution < -0.4 is 15.4 Å². The van der Waals surface area contributed by atoms with Crippen LogP contribution in [0.1, 0.15) is 43.5 Å². The molecule has 0 radical (unpaired) electrons. The smallest absolute Gasteiger partial charge is 0.240 e. The summed E-state index contributed by atoms with van der Waals surface area (Å²) in [6, 6.07) is 15.6. The molecule has 0 bridgehead atoms. The Labute approximate surface area is 174 Å². The van der Waals surface area contributed by atoms with Crippen molar-refractivity contribution < 1.29 is 8.42 Å². The van der Waals surface area contributed by atoms with Crippen molar-refractivity contribution in [1.29, 1.82) is 0 Å². The molecule has 0 spiro atoms. The van der Waals surface area contributed by atoms with Gasteiger partial charge in [0.25, 0.3) is 0 Å². The highest BCUT2D eigenvalue weighted by atomic mass is 32.2. The van der Waals surface area contributed by atoms with Crippen molar-refractivity contribution in [3.8, 4) is 0 Å². The maximum Gasteiger partial charge on any atom is 0.240 e. The largest absolute Gasteiger partial charge is 0.352 e. The normalized spacial score (nSPS) is 13.4. The zero-order valence-corrected chi connectivity index (χ0v) is 18.7. The van der Waals surface area contributed by atoms with E-state index in [9.17, 15) is 8.42 Å². The number of guanidine groups is 1. The monoisotopic (exact) mass is 416 g/mol. The minimum atomic E-state index is -3.41. The van der Waals surface area contributed by atoms with Gasteiger partial charge in [0.1, 0.15) is 0 Å². The van der Waals surface area contributed by atoms with E-state index in [1.807, 2.05) is 0 Å². The zero-order valence-electron chi connectivity index (χ0n) is 17.9. The van der Waals surface area contributed by atoms with Crippen LogP contribution in [0, 0.1) is 5.92 Å². The van der Waals surface area contributed by atoms with Gasteiger partial charge in [-0.3, -0.25) is 4.99 Å². The Morgan fingerprint density at radius 1 is 0.966 bits per heavy atom. The number of sulfonamides is 1. The summed E-state index contributed by atoms with van der Waals surface area (Å²) in [5.41, 5.74) is 3.51. The van der Waals surface area contributed by atoms with Crippen molar-refractivity contribution in [2.24, 2.45) is 10.9 Å². The van der Waals surface area contributed by atoms with Gasteiger partial charge >= 0.3 is 0 Å². The van der Waals surface area contributed by atoms with Gasteiger partial charge in [-0.25, -0.2) is 13.1 Å². The van der Waals surface area contributed by atoms with Gasteiger partial charge in [0.05, 0.1) is 10.9 Å². The third-order valence-corrected chi connectivity index (χ3v) is 6.09. The van der Waals surface area contributed by atoms with Crippen molar-refractivity contribution in [3.63, 3.8) is 0 Å². The molecule has 0 aromatic heterocycles. The highest BCUT2D eigenvalue weighted by molar-refractivity contribution is 7.89. The summed E-state index contributed by atoms with van der Waals surface area (Å²) in [6.07, 6.45) is 1.08. The topological polar surface area (TPSA) is 82.6 Å². The maximum absolute atomic E-state index is 11.8. The number of aliphatic imine (C=N–C) groups is 1. The molecule has 2 aromatic rings. The van der Waals surface area contributed by atoms with Gasteiger partial charge in [-0.05, 0) is 55.1 Å². The van der Waals surface area contributed by atoms with Gasteiger partial charge < -0.3 is 10.6 Å². The molecular formula is C22H32N4O2S. The molecule has 1 atom stereocenters. The number of nitrogens with one attached hydrogen (secondary N) is 3. The SMILES string of the molecule is CN=C(NCc1ccc(S(=O)(=O)NC)cc1)NC(C)c1ccc(CC(C)C)cc1. The van der Waals surface area contributed by atoms with Crippen LogP contribution in [0.25, 0.3) is 0 Å². The Morgan fingerprint density at radius 3 is 2.07 bits per heavy atom. The second-order valence-corrected chi connectivity index (χ2v) is 9.37. The molecule has 6 nitrogen and oxygen atoms in total. The lowest BCUT2D eigenvalue weighted by atomic mass is 10.00. The lowest BCUT2D eigenvalue weighted by Crippen LogP contribution is -2.38. The van der Waals surface area contributed by atoms with Gasteiger partial charge in [0.15, 0.2) is 5.96 Å². The lowest BCUT2D eigenvalue weighted by Gasteiger charge is -2.19. The number of benzene rings is 2. The van der Waals surface area contributed by atoms with Gasteiger partial charge in [0, 0.05) is 13.6 Å². The van der Waals surface area contributed by atoms with Gasteiger partial charge in [-0.2, -0.15) is 0 Å². The molecule has 2 aromatic carbocycles. The molecule has 0 aliphatic rings. The standard InChI is InChI=1S/C22H32N4O2S/c1-16(2)14-18-6-10-20(11-7-18)17(3)26-22(23-4)25-15-19-8-12-21(13-9-19)29(27,28)24-5/h6-13,16-17,24H,14-15H2,1-5H3,(H2,23,25,26). The van der Waals surface area contributed by atoms with Crippen LogP contribution in [0.5, 0.6) is 0 Å². The van der Waals surface area contributed by atoms with Crippen LogP contribution in [0.3, 0.4) is 0 Å². The molecule has 2 rings (SSSR count). The van der Waals surface area contributed by atoms with Crippen molar-refractivity contribution in [2.45, 2.75) is 44.7 Å². The highest BCUT2D eigenvalue weighted by Crippen LogP contribution is 2.15. The molecule has 0 amide bonds. The van der Waals surface area contributed by atoms with Gasteiger partial charge in [-0.1, -0.05) is 50.2 Å². The maximum atomic E-state index is 11.8. The van der Waals surface area contributed by atoms with Crippen LogP contribution in [-0.2, 0) is 23.0 Å². The first-order valence-electron chi connectivity index (χ1n) is 9.83. The molecule has 7 heteroatoms. The number of rotatable bonds is 8. The quantitative estimate of drug-likeness (QED) is 0.456. The Balaban J connectivity index is 1.93. The molecule has 0 saturated heterocycles. The van der Waals surface area contributed by atoms with E-state index in [4.69, 9.17) is 0 Å². The molecule has 0 saturated carbocycles. The molecule has 0 fully saturated rings. The third-order valence-electron chi connectivity index (χ3n) is 4.66. The molecule has 0 heterocycles. The summed E-state index contributed by atoms with van der Waals surface area (Å²) >= 11 is 0. The number of hydrogen-bond donors (Lipinski definition) is 3. The van der Waals surface area contributed by atoms with Crippen molar-refractivity contribution in [1.82, 2.24) is 15.4 Å². The first-order valence-corrected chi connectivity index (χ1v) is 11.3. The summed E-state index contributed by atoms with van der Waals surface area (Å²) in [5, 5.41) is 6.66. The van der Waals surface area contributed by atoms with Crippen LogP contribution in [0.2, 0.25) is 0 Å². The van der Waals surface area contributed by atoms with Crippen molar-refractivity contribution in [2.75, 3.05) is 14.1 Å². The molecule has 29 heavy (non-hydrogen) atoms. The predicted octanol–water partition coefficient (Wildman–Crippen LogP) is 3.22. The van der Waals surface area contributed by atoms with E-state index in [1.54, 1.807) is 31.3 Å². The number of hydrogen-bond acceptors (Lipinski definition) is 3. The first kappa shape index (κ1) is 22.9. The van der Waals surface area contributed by atoms with Crippen LogP contribution in [0.15, 0.2) is 58.4 Å². The molecule has 158 valence electrons. The molecule has 0 aliphatic heterocycles. The van der Waals surface area contributed by atoms with Gasteiger partial charge in [-0.15, -0.1) is 0 Å². The fourth-order valence-corrected chi connectivity index (χ4v) is 3.72. The average molecular weight is 417 g/mol. The summed E-state index contributed by atoms with van der Waals surface area (Å²) < 4.78 is 25.9. The zero-order chi connectivity index (χ0) is 21.4. The summed E-state index contributed by atoms with van der Waals surface area (Å²) in [5.74, 6) is 1.34. The van der Waals surface area contributed by atoms with E-state index in [2.05, 4.69) is 65.4 Å². The highest BCUT2D eigenvalue weighted by Gasteiger charge is 2.11. The Morgan fingerprint density at radius 2 is 1.55 bits per heavy atom. The Bertz CT molecular complexity index is 905. The summed E-state index contributed by atoms with van der Waals surface area (Å²) in [7, 11) is -0.279. The minimum Gasteiger partial charge on any atom is -0.352 e. The summed E-state index contributed by atoms with van der Waals surface area (Å²) in [6.45, 7) is 7.09. The fourth-order valence-electron chi connectivity index (χ4n) is 2.99. The summed E-state index contributed by atoms with van der Waals surface area (Å²) in [4.78, 5) is 4.53. The van der Waals surface area contributed by atoms with E-state index in [1.165, 1.54) is 18.2 Å². The van der Waals surface area contributed by atoms with Crippen molar-refractivity contribution >= 4 is 16.0 Å². The van der Waals surface area contributed by atoms with E-state index >= 15 is 0 Å². The van der Waals surface area contributed by atoms with E-state index in [-0.39, 0.29) is 10.9 Å². The molecule has 0 aliphatic carbocycles. The van der Waals surface area contributed by atoms with E-state index < -0.39 is 10.0 Å². The third kappa shape index (κ3) is 6.87. The lowest BCUT2D eigenvalue weighted by molar-refractivity contribution is 0.588. The Hall–Kier alpha value is -2.38. The van der Waals surface area contributed by atoms with Gasteiger partial charge in [0.2, 0.25) is 10.0 Å². The average Bonchev–Trinajstić information content (AvgIpc) is 2.71. The fraction of sp³-hybridized carbons (Fsp3) is 0.409. The first-order chi connectivity index (χ1) is 13.7.